The van der Waals surface area contributed by atoms with E-state index < -0.39 is 0 Å². The second-order valence-corrected chi connectivity index (χ2v) is 7.73. The zero-order valence-electron chi connectivity index (χ0n) is 15.3. The molecule has 2 aliphatic rings. The van der Waals surface area contributed by atoms with Gasteiger partial charge in [-0.1, -0.05) is 48.9 Å². The van der Waals surface area contributed by atoms with E-state index >= 15 is 0 Å². The van der Waals surface area contributed by atoms with E-state index in [1.54, 1.807) is 12.3 Å². The number of fused-ring (bicyclic) bond motifs is 3. The van der Waals surface area contributed by atoms with E-state index in [1.165, 1.54) is 18.4 Å². The highest BCUT2D eigenvalue weighted by atomic mass is 19.1. The Morgan fingerprint density at radius 1 is 1.04 bits per heavy atom. The molecule has 2 aliphatic heterocycles. The van der Waals surface area contributed by atoms with Crippen LogP contribution in [0.1, 0.15) is 36.8 Å². The van der Waals surface area contributed by atoms with Crippen molar-refractivity contribution in [2.24, 2.45) is 0 Å². The molecule has 2 atom stereocenters. The first-order valence-corrected chi connectivity index (χ1v) is 9.83. The molecule has 3 aromatic rings. The van der Waals surface area contributed by atoms with Crippen molar-refractivity contribution in [3.05, 3.63) is 83.8 Å². The number of rotatable bonds is 3. The third kappa shape index (κ3) is 3.17. The SMILES string of the molecule is Fc1cc2ncccc2cc1C1=CC2CCCC(C1)N2Cc1ccccc1. The minimum absolute atomic E-state index is 0.151. The molecular formula is C24H23FN2. The molecule has 2 bridgehead atoms. The van der Waals surface area contributed by atoms with E-state index in [0.29, 0.717) is 12.1 Å². The molecule has 27 heavy (non-hydrogen) atoms. The fraction of sp³-hybridized carbons (Fsp3) is 0.292. The molecule has 1 fully saturated rings. The van der Waals surface area contributed by atoms with E-state index in [9.17, 15) is 4.39 Å². The van der Waals surface area contributed by atoms with Crippen LogP contribution in [0.15, 0.2) is 66.9 Å². The summed E-state index contributed by atoms with van der Waals surface area (Å²) in [5.74, 6) is -0.151. The number of piperidine rings is 1. The maximum atomic E-state index is 14.8. The Labute approximate surface area is 159 Å². The van der Waals surface area contributed by atoms with Crippen molar-refractivity contribution in [1.29, 1.82) is 0 Å². The Bertz CT molecular complexity index is 996. The maximum absolute atomic E-state index is 14.8. The predicted octanol–water partition coefficient (Wildman–Crippen LogP) is 5.58. The lowest BCUT2D eigenvalue weighted by Crippen LogP contribution is -2.47. The average molecular weight is 358 g/mol. The Balaban J connectivity index is 1.49. The molecule has 0 N–H and O–H groups in total. The molecule has 1 saturated heterocycles. The first kappa shape index (κ1) is 16.6. The third-order valence-electron chi connectivity index (χ3n) is 6.03. The van der Waals surface area contributed by atoms with Gasteiger partial charge in [0.05, 0.1) is 5.52 Å². The Morgan fingerprint density at radius 2 is 1.93 bits per heavy atom. The van der Waals surface area contributed by atoms with Gasteiger partial charge < -0.3 is 0 Å². The van der Waals surface area contributed by atoms with E-state index in [2.05, 4.69) is 46.3 Å². The molecule has 0 radical (unpaired) electrons. The van der Waals surface area contributed by atoms with E-state index in [0.717, 1.165) is 41.4 Å². The number of hydrogen-bond donors (Lipinski definition) is 0. The summed E-state index contributed by atoms with van der Waals surface area (Å²) in [7, 11) is 0. The molecule has 2 aromatic carbocycles. The second kappa shape index (κ2) is 6.90. The lowest BCUT2D eigenvalue weighted by Gasteiger charge is -2.45. The Morgan fingerprint density at radius 3 is 2.78 bits per heavy atom. The number of hydrogen-bond acceptors (Lipinski definition) is 2. The zero-order valence-corrected chi connectivity index (χ0v) is 15.3. The largest absolute Gasteiger partial charge is 0.289 e. The summed E-state index contributed by atoms with van der Waals surface area (Å²) < 4.78 is 14.8. The Kier molecular flexibility index (Phi) is 4.25. The van der Waals surface area contributed by atoms with Crippen molar-refractivity contribution >= 4 is 16.5 Å². The lowest BCUT2D eigenvalue weighted by atomic mass is 9.82. The van der Waals surface area contributed by atoms with Gasteiger partial charge in [-0.3, -0.25) is 9.88 Å². The molecule has 0 aliphatic carbocycles. The molecular weight excluding hydrogens is 335 g/mol. The van der Waals surface area contributed by atoms with Crippen molar-refractivity contribution in [1.82, 2.24) is 9.88 Å². The molecule has 3 heteroatoms. The van der Waals surface area contributed by atoms with Crippen LogP contribution in [-0.4, -0.2) is 22.0 Å². The van der Waals surface area contributed by atoms with Crippen LogP contribution in [0.5, 0.6) is 0 Å². The van der Waals surface area contributed by atoms with Crippen molar-refractivity contribution in [3.63, 3.8) is 0 Å². The van der Waals surface area contributed by atoms with Gasteiger partial charge in [0.1, 0.15) is 5.82 Å². The van der Waals surface area contributed by atoms with E-state index in [1.807, 2.05) is 18.2 Å². The number of aromatic nitrogens is 1. The number of benzene rings is 2. The summed E-state index contributed by atoms with van der Waals surface area (Å²) in [5.41, 5.74) is 4.00. The van der Waals surface area contributed by atoms with Gasteiger partial charge in [-0.05, 0) is 42.5 Å². The van der Waals surface area contributed by atoms with Crippen molar-refractivity contribution in [2.45, 2.75) is 44.3 Å². The maximum Gasteiger partial charge on any atom is 0.132 e. The molecule has 0 saturated carbocycles. The molecule has 3 heterocycles. The number of pyridine rings is 1. The van der Waals surface area contributed by atoms with E-state index in [-0.39, 0.29) is 5.82 Å². The van der Waals surface area contributed by atoms with Crippen LogP contribution >= 0.6 is 0 Å². The minimum atomic E-state index is -0.151. The predicted molar refractivity (Wildman–Crippen MR) is 108 cm³/mol. The highest BCUT2D eigenvalue weighted by molar-refractivity contribution is 5.84. The van der Waals surface area contributed by atoms with Gasteiger partial charge in [0.2, 0.25) is 0 Å². The average Bonchev–Trinajstić information content (AvgIpc) is 2.68. The van der Waals surface area contributed by atoms with E-state index in [4.69, 9.17) is 0 Å². The van der Waals surface area contributed by atoms with Crippen LogP contribution in [-0.2, 0) is 6.54 Å². The van der Waals surface area contributed by atoms with Gasteiger partial charge in [-0.15, -0.1) is 0 Å². The summed E-state index contributed by atoms with van der Waals surface area (Å²) in [6.07, 6.45) is 8.56. The highest BCUT2D eigenvalue weighted by Gasteiger charge is 2.34. The van der Waals surface area contributed by atoms with Gasteiger partial charge in [-0.2, -0.15) is 0 Å². The molecule has 5 rings (SSSR count). The fourth-order valence-corrected chi connectivity index (χ4v) is 4.70. The third-order valence-corrected chi connectivity index (χ3v) is 6.03. The summed E-state index contributed by atoms with van der Waals surface area (Å²) in [6, 6.07) is 19.1. The lowest BCUT2D eigenvalue weighted by molar-refractivity contribution is 0.0950. The number of nitrogens with zero attached hydrogens (tertiary/aromatic N) is 2. The highest BCUT2D eigenvalue weighted by Crippen LogP contribution is 2.39. The minimum Gasteiger partial charge on any atom is -0.289 e. The quantitative estimate of drug-likeness (QED) is 0.607. The number of halogens is 1. The van der Waals surface area contributed by atoms with Crippen LogP contribution in [0, 0.1) is 5.82 Å². The molecule has 0 spiro atoms. The molecule has 2 unspecified atom stereocenters. The normalized spacial score (nSPS) is 22.6. The van der Waals surface area contributed by atoms with Gasteiger partial charge in [0, 0.05) is 41.8 Å². The monoisotopic (exact) mass is 358 g/mol. The van der Waals surface area contributed by atoms with Crippen molar-refractivity contribution in [2.75, 3.05) is 0 Å². The first-order chi connectivity index (χ1) is 13.3. The summed E-state index contributed by atoms with van der Waals surface area (Å²) in [6.45, 7) is 0.976. The van der Waals surface area contributed by atoms with Crippen molar-refractivity contribution in [3.8, 4) is 0 Å². The topological polar surface area (TPSA) is 16.1 Å². The van der Waals surface area contributed by atoms with Crippen LogP contribution in [0.25, 0.3) is 16.5 Å². The van der Waals surface area contributed by atoms with Gasteiger partial charge in [0.25, 0.3) is 0 Å². The first-order valence-electron chi connectivity index (χ1n) is 9.83. The molecule has 136 valence electrons. The standard InChI is InChI=1S/C24H23FN2/c25-23-15-24-18(8-5-11-26-24)14-22(23)19-12-20-9-4-10-21(13-19)27(20)16-17-6-2-1-3-7-17/h1-3,5-8,11-12,14-15,20-21H,4,9-10,13,16H2. The van der Waals surface area contributed by atoms with Crippen LogP contribution < -0.4 is 0 Å². The summed E-state index contributed by atoms with van der Waals surface area (Å²) >= 11 is 0. The van der Waals surface area contributed by atoms with Crippen LogP contribution in [0.4, 0.5) is 4.39 Å². The zero-order chi connectivity index (χ0) is 18.2. The van der Waals surface area contributed by atoms with Gasteiger partial charge >= 0.3 is 0 Å². The van der Waals surface area contributed by atoms with Gasteiger partial charge in [0.15, 0.2) is 0 Å². The molecule has 2 nitrogen and oxygen atoms in total. The second-order valence-electron chi connectivity index (χ2n) is 7.73. The van der Waals surface area contributed by atoms with Crippen LogP contribution in [0.2, 0.25) is 0 Å². The smallest absolute Gasteiger partial charge is 0.132 e. The summed E-state index contributed by atoms with van der Waals surface area (Å²) in [4.78, 5) is 6.89. The van der Waals surface area contributed by atoms with Gasteiger partial charge in [-0.25, -0.2) is 4.39 Å². The Hall–Kier alpha value is -2.52. The van der Waals surface area contributed by atoms with Crippen molar-refractivity contribution < 1.29 is 4.39 Å². The van der Waals surface area contributed by atoms with Crippen LogP contribution in [0.3, 0.4) is 0 Å². The summed E-state index contributed by atoms with van der Waals surface area (Å²) in [5, 5.41) is 1.01. The molecule has 0 amide bonds. The molecule has 1 aromatic heterocycles. The fourth-order valence-electron chi connectivity index (χ4n) is 4.70.